The van der Waals surface area contributed by atoms with Gasteiger partial charge in [0.2, 0.25) is 0 Å². The Morgan fingerprint density at radius 3 is 2.72 bits per heavy atom. The molecule has 1 aliphatic heterocycles. The van der Waals surface area contributed by atoms with Crippen LogP contribution in [0.3, 0.4) is 0 Å². The van der Waals surface area contributed by atoms with Crippen molar-refractivity contribution in [2.45, 2.75) is 44.7 Å². The molecule has 5 heteroatoms. The summed E-state index contributed by atoms with van der Waals surface area (Å²) in [6.45, 7) is 2.83. The first-order chi connectivity index (χ1) is 12.1. The van der Waals surface area contributed by atoms with Crippen LogP contribution in [0.2, 0.25) is 0 Å². The highest BCUT2D eigenvalue weighted by Crippen LogP contribution is 2.31. The summed E-state index contributed by atoms with van der Waals surface area (Å²) in [4.78, 5) is 18.7. The van der Waals surface area contributed by atoms with Gasteiger partial charge in [0.15, 0.2) is 0 Å². The van der Waals surface area contributed by atoms with Gasteiger partial charge in [-0.05, 0) is 68.0 Å². The summed E-state index contributed by atoms with van der Waals surface area (Å²) >= 11 is 0. The maximum Gasteiger partial charge on any atom is 0.318 e. The van der Waals surface area contributed by atoms with E-state index < -0.39 is 0 Å². The van der Waals surface area contributed by atoms with Gasteiger partial charge in [-0.25, -0.2) is 4.79 Å². The first-order valence-electron chi connectivity index (χ1n) is 8.88. The Labute approximate surface area is 148 Å². The molecular weight excluding hydrogens is 314 g/mol. The molecule has 0 bridgehead atoms. The number of aromatic hydroxyl groups is 1. The second-order valence-electron chi connectivity index (χ2n) is 6.69. The predicted octanol–water partition coefficient (Wildman–Crippen LogP) is 3.66. The lowest BCUT2D eigenvalue weighted by atomic mass is 10.1. The smallest absolute Gasteiger partial charge is 0.318 e. The van der Waals surface area contributed by atoms with E-state index in [0.29, 0.717) is 0 Å². The zero-order chi connectivity index (χ0) is 17.6. The lowest BCUT2D eigenvalue weighted by Crippen LogP contribution is -2.43. The first-order valence-corrected chi connectivity index (χ1v) is 8.88. The van der Waals surface area contributed by atoms with Crippen LogP contribution in [0.5, 0.6) is 5.75 Å². The number of benzene rings is 1. The molecule has 3 rings (SSSR count). The summed E-state index contributed by atoms with van der Waals surface area (Å²) in [5, 5.41) is 12.5. The van der Waals surface area contributed by atoms with Crippen molar-refractivity contribution in [1.82, 2.24) is 15.2 Å². The molecule has 2 aromatic rings. The van der Waals surface area contributed by atoms with Crippen molar-refractivity contribution in [1.29, 1.82) is 0 Å². The van der Waals surface area contributed by atoms with Crippen LogP contribution in [-0.4, -0.2) is 33.6 Å². The molecule has 2 heterocycles. The second kappa shape index (κ2) is 8.01. The van der Waals surface area contributed by atoms with Crippen LogP contribution < -0.4 is 5.32 Å². The van der Waals surface area contributed by atoms with E-state index in [-0.39, 0.29) is 23.9 Å². The van der Waals surface area contributed by atoms with Gasteiger partial charge in [0.05, 0.1) is 6.04 Å². The molecule has 0 spiro atoms. The average Bonchev–Trinajstić information content (AvgIpc) is 3.12. The normalized spacial score (nSPS) is 18.1. The van der Waals surface area contributed by atoms with Crippen molar-refractivity contribution >= 4 is 6.03 Å². The fraction of sp³-hybridized carbons (Fsp3) is 0.400. The van der Waals surface area contributed by atoms with Crippen LogP contribution in [-0.2, 0) is 6.42 Å². The molecule has 1 aromatic heterocycles. The predicted molar refractivity (Wildman–Crippen MR) is 97.3 cm³/mol. The van der Waals surface area contributed by atoms with Gasteiger partial charge in [-0.15, -0.1) is 0 Å². The molecule has 1 aromatic carbocycles. The molecular formula is C20H25N3O2. The van der Waals surface area contributed by atoms with Crippen molar-refractivity contribution in [3.63, 3.8) is 0 Å². The van der Waals surface area contributed by atoms with E-state index in [1.165, 1.54) is 0 Å². The van der Waals surface area contributed by atoms with Gasteiger partial charge < -0.3 is 15.3 Å². The maximum atomic E-state index is 12.7. The van der Waals surface area contributed by atoms with Crippen molar-refractivity contribution in [3.8, 4) is 5.75 Å². The van der Waals surface area contributed by atoms with Crippen LogP contribution in [0.4, 0.5) is 4.79 Å². The number of phenols is 1. The molecule has 0 saturated carbocycles. The van der Waals surface area contributed by atoms with Crippen molar-refractivity contribution in [2.75, 3.05) is 6.54 Å². The van der Waals surface area contributed by atoms with Crippen molar-refractivity contribution < 1.29 is 9.90 Å². The number of phenolic OH excluding ortho intramolecular Hbond substituents is 1. The summed E-state index contributed by atoms with van der Waals surface area (Å²) in [6.07, 6.45) is 7.33. The summed E-state index contributed by atoms with van der Waals surface area (Å²) in [5.41, 5.74) is 2.31. The third kappa shape index (κ3) is 4.50. The number of amides is 2. The minimum Gasteiger partial charge on any atom is -0.508 e. The summed E-state index contributed by atoms with van der Waals surface area (Å²) in [7, 11) is 0. The number of carbonyl (C=O) groups is 1. The number of hydrogen-bond acceptors (Lipinski definition) is 3. The molecule has 0 unspecified atom stereocenters. The van der Waals surface area contributed by atoms with Gasteiger partial charge in [0.1, 0.15) is 5.75 Å². The van der Waals surface area contributed by atoms with Crippen LogP contribution >= 0.6 is 0 Å². The molecule has 2 amide bonds. The zero-order valence-electron chi connectivity index (χ0n) is 14.6. The highest BCUT2D eigenvalue weighted by Gasteiger charge is 2.30. The number of aromatic nitrogens is 1. The molecule has 1 aliphatic rings. The molecule has 0 radical (unpaired) electrons. The number of urea groups is 1. The molecule has 2 N–H and O–H groups in total. The molecule has 0 aliphatic carbocycles. The van der Waals surface area contributed by atoms with Gasteiger partial charge in [-0.2, -0.15) is 0 Å². The fourth-order valence-electron chi connectivity index (χ4n) is 3.35. The lowest BCUT2D eigenvalue weighted by molar-refractivity contribution is 0.189. The van der Waals surface area contributed by atoms with Crippen LogP contribution in [0, 0.1) is 0 Å². The van der Waals surface area contributed by atoms with E-state index in [0.717, 1.165) is 43.4 Å². The molecule has 2 atom stereocenters. The Bertz CT molecular complexity index is 688. The molecule has 5 nitrogen and oxygen atoms in total. The largest absolute Gasteiger partial charge is 0.508 e. The molecule has 1 saturated heterocycles. The Morgan fingerprint density at radius 2 is 2.00 bits per heavy atom. The third-order valence-electron chi connectivity index (χ3n) is 4.78. The molecule has 132 valence electrons. The fourth-order valence-corrected chi connectivity index (χ4v) is 3.35. The Kier molecular flexibility index (Phi) is 5.53. The maximum absolute atomic E-state index is 12.7. The van der Waals surface area contributed by atoms with Crippen LogP contribution in [0.1, 0.15) is 43.4 Å². The minimum atomic E-state index is 0.0116. The molecule has 25 heavy (non-hydrogen) atoms. The van der Waals surface area contributed by atoms with E-state index in [4.69, 9.17) is 0 Å². The minimum absolute atomic E-state index is 0.0116. The van der Waals surface area contributed by atoms with Crippen molar-refractivity contribution in [2.24, 2.45) is 0 Å². The van der Waals surface area contributed by atoms with E-state index in [2.05, 4.69) is 10.3 Å². The van der Waals surface area contributed by atoms with E-state index >= 15 is 0 Å². The third-order valence-corrected chi connectivity index (χ3v) is 4.78. The van der Waals surface area contributed by atoms with Gasteiger partial charge in [0.25, 0.3) is 0 Å². The Hall–Kier alpha value is -2.56. The summed E-state index contributed by atoms with van der Waals surface area (Å²) in [6, 6.07) is 11.5. The number of carbonyl (C=O) groups excluding carboxylic acids is 1. The number of rotatable bonds is 5. The van der Waals surface area contributed by atoms with Gasteiger partial charge in [-0.1, -0.05) is 12.1 Å². The van der Waals surface area contributed by atoms with Gasteiger partial charge in [-0.3, -0.25) is 4.98 Å². The molecule has 1 fully saturated rings. The van der Waals surface area contributed by atoms with Gasteiger partial charge >= 0.3 is 6.03 Å². The topological polar surface area (TPSA) is 65.5 Å². The summed E-state index contributed by atoms with van der Waals surface area (Å²) in [5.74, 6) is 0.279. The van der Waals surface area contributed by atoms with E-state index in [1.54, 1.807) is 24.5 Å². The number of nitrogens with zero attached hydrogens (tertiary/aromatic N) is 2. The number of aryl methyl sites for hydroxylation is 1. The lowest BCUT2D eigenvalue weighted by Gasteiger charge is -2.27. The SMILES string of the molecule is C[C@@H](CCc1ccc(O)cc1)NC(=O)N1CCC[C@@H]1c1ccncc1. The first kappa shape index (κ1) is 17.3. The van der Waals surface area contributed by atoms with E-state index in [9.17, 15) is 9.90 Å². The Morgan fingerprint density at radius 1 is 1.28 bits per heavy atom. The van der Waals surface area contributed by atoms with Crippen LogP contribution in [0.15, 0.2) is 48.8 Å². The second-order valence-corrected chi connectivity index (χ2v) is 6.69. The van der Waals surface area contributed by atoms with E-state index in [1.807, 2.05) is 36.1 Å². The quantitative estimate of drug-likeness (QED) is 0.874. The zero-order valence-corrected chi connectivity index (χ0v) is 14.6. The van der Waals surface area contributed by atoms with Crippen LogP contribution in [0.25, 0.3) is 0 Å². The van der Waals surface area contributed by atoms with Gasteiger partial charge in [0, 0.05) is 25.0 Å². The average molecular weight is 339 g/mol. The standard InChI is InChI=1S/C20H25N3O2/c1-15(4-5-16-6-8-18(24)9-7-16)22-20(25)23-14-2-3-19(23)17-10-12-21-13-11-17/h6-13,15,19,24H,2-5,14H2,1H3,(H,22,25)/t15-,19+/m0/s1. The number of pyridine rings is 1. The monoisotopic (exact) mass is 339 g/mol. The Balaban J connectivity index is 1.53. The summed E-state index contributed by atoms with van der Waals surface area (Å²) < 4.78 is 0. The number of nitrogens with one attached hydrogen (secondary N) is 1. The number of hydrogen-bond donors (Lipinski definition) is 2. The van der Waals surface area contributed by atoms with Crippen molar-refractivity contribution in [3.05, 3.63) is 59.9 Å². The highest BCUT2D eigenvalue weighted by atomic mass is 16.3. The number of likely N-dealkylation sites (tertiary alicyclic amines) is 1. The highest BCUT2D eigenvalue weighted by molar-refractivity contribution is 5.75.